The summed E-state index contributed by atoms with van der Waals surface area (Å²) in [6.45, 7) is 4.06. The molecule has 0 unspecified atom stereocenters. The summed E-state index contributed by atoms with van der Waals surface area (Å²) in [7, 11) is 4.05. The average Bonchev–Trinajstić information content (AvgIpc) is 2.56. The van der Waals surface area contributed by atoms with Gasteiger partial charge in [-0.2, -0.15) is 4.98 Å². The molecule has 0 bridgehead atoms. The monoisotopic (exact) mass is 297 g/mol. The first-order valence-corrected chi connectivity index (χ1v) is 7.81. The van der Waals surface area contributed by atoms with Crippen LogP contribution in [0.25, 0.3) is 0 Å². The standard InChI is InChI=1S/C17H23N5/c1-13-12-19-17(20-16(13)21(2)3)22-10-6-15(7-11-22)14-4-8-18-9-5-14/h4-5,8-9,12,15H,6-7,10-11H2,1-3H3. The Morgan fingerprint density at radius 1 is 1.14 bits per heavy atom. The normalized spacial score (nSPS) is 15.9. The number of piperidine rings is 1. The van der Waals surface area contributed by atoms with Gasteiger partial charge in [0.15, 0.2) is 0 Å². The van der Waals surface area contributed by atoms with Crippen LogP contribution in [0, 0.1) is 6.92 Å². The number of hydrogen-bond acceptors (Lipinski definition) is 5. The topological polar surface area (TPSA) is 45.2 Å². The van der Waals surface area contributed by atoms with Gasteiger partial charge in [0.2, 0.25) is 5.95 Å². The van der Waals surface area contributed by atoms with Gasteiger partial charge in [-0.1, -0.05) is 0 Å². The second kappa shape index (κ2) is 6.30. The Bertz CT molecular complexity index is 618. The minimum Gasteiger partial charge on any atom is -0.362 e. The third-order valence-corrected chi connectivity index (χ3v) is 4.31. The van der Waals surface area contributed by atoms with E-state index >= 15 is 0 Å². The third kappa shape index (κ3) is 3.03. The van der Waals surface area contributed by atoms with Crippen LogP contribution in [0.15, 0.2) is 30.7 Å². The Kier molecular flexibility index (Phi) is 4.22. The molecule has 22 heavy (non-hydrogen) atoms. The van der Waals surface area contributed by atoms with E-state index in [9.17, 15) is 0 Å². The van der Waals surface area contributed by atoms with Crippen LogP contribution in [0.4, 0.5) is 11.8 Å². The molecule has 5 nitrogen and oxygen atoms in total. The van der Waals surface area contributed by atoms with Crippen LogP contribution < -0.4 is 9.80 Å². The number of anilines is 2. The predicted molar refractivity (Wildman–Crippen MR) is 89.5 cm³/mol. The molecule has 0 saturated carbocycles. The SMILES string of the molecule is Cc1cnc(N2CCC(c3ccncc3)CC2)nc1N(C)C. The van der Waals surface area contributed by atoms with Crippen LogP contribution in [-0.4, -0.2) is 42.1 Å². The van der Waals surface area contributed by atoms with E-state index in [2.05, 4.69) is 33.9 Å². The van der Waals surface area contributed by atoms with Crippen LogP contribution in [0.5, 0.6) is 0 Å². The predicted octanol–water partition coefficient (Wildman–Crippen LogP) is 2.63. The fourth-order valence-corrected chi connectivity index (χ4v) is 3.08. The van der Waals surface area contributed by atoms with Gasteiger partial charge in [-0.05, 0) is 43.4 Å². The number of pyridine rings is 1. The summed E-state index contributed by atoms with van der Waals surface area (Å²) >= 11 is 0. The number of nitrogens with zero attached hydrogens (tertiary/aromatic N) is 5. The van der Waals surface area contributed by atoms with Gasteiger partial charge in [0.1, 0.15) is 5.82 Å². The molecule has 116 valence electrons. The van der Waals surface area contributed by atoms with Gasteiger partial charge < -0.3 is 9.80 Å². The maximum Gasteiger partial charge on any atom is 0.227 e. The van der Waals surface area contributed by atoms with E-state index in [1.54, 1.807) is 0 Å². The van der Waals surface area contributed by atoms with Crippen molar-refractivity contribution in [1.82, 2.24) is 15.0 Å². The first kappa shape index (κ1) is 14.8. The lowest BCUT2D eigenvalue weighted by molar-refractivity contribution is 0.499. The van der Waals surface area contributed by atoms with Crippen LogP contribution in [-0.2, 0) is 0 Å². The van der Waals surface area contributed by atoms with E-state index in [4.69, 9.17) is 4.98 Å². The van der Waals surface area contributed by atoms with Gasteiger partial charge in [0, 0.05) is 51.3 Å². The molecule has 0 aliphatic carbocycles. The first-order valence-electron chi connectivity index (χ1n) is 7.81. The van der Waals surface area contributed by atoms with Crippen molar-refractivity contribution in [1.29, 1.82) is 0 Å². The van der Waals surface area contributed by atoms with Crippen molar-refractivity contribution in [3.63, 3.8) is 0 Å². The quantitative estimate of drug-likeness (QED) is 0.871. The molecule has 1 aliphatic heterocycles. The lowest BCUT2D eigenvalue weighted by atomic mass is 9.90. The molecule has 3 heterocycles. The van der Waals surface area contributed by atoms with Gasteiger partial charge in [0.25, 0.3) is 0 Å². The zero-order valence-electron chi connectivity index (χ0n) is 13.5. The van der Waals surface area contributed by atoms with Gasteiger partial charge in [0.05, 0.1) is 0 Å². The highest BCUT2D eigenvalue weighted by molar-refractivity contribution is 5.48. The Hall–Kier alpha value is -2.17. The third-order valence-electron chi connectivity index (χ3n) is 4.31. The van der Waals surface area contributed by atoms with Crippen molar-refractivity contribution in [2.24, 2.45) is 0 Å². The van der Waals surface area contributed by atoms with Crippen LogP contribution in [0.1, 0.15) is 29.9 Å². The van der Waals surface area contributed by atoms with Gasteiger partial charge in [-0.15, -0.1) is 0 Å². The number of aromatic nitrogens is 3. The van der Waals surface area contributed by atoms with Crippen LogP contribution in [0.3, 0.4) is 0 Å². The van der Waals surface area contributed by atoms with E-state index in [0.717, 1.165) is 43.3 Å². The molecule has 2 aromatic rings. The largest absolute Gasteiger partial charge is 0.362 e. The summed E-state index contributed by atoms with van der Waals surface area (Å²) in [5.41, 5.74) is 2.51. The van der Waals surface area contributed by atoms with Crippen molar-refractivity contribution in [2.45, 2.75) is 25.7 Å². The van der Waals surface area contributed by atoms with Gasteiger partial charge in [-0.3, -0.25) is 4.98 Å². The van der Waals surface area contributed by atoms with E-state index in [-0.39, 0.29) is 0 Å². The Labute approximate surface area is 132 Å². The first-order chi connectivity index (χ1) is 10.6. The molecular formula is C17H23N5. The molecule has 1 fully saturated rings. The van der Waals surface area contributed by atoms with Crippen molar-refractivity contribution < 1.29 is 0 Å². The molecule has 0 spiro atoms. The second-order valence-corrected chi connectivity index (χ2v) is 6.11. The maximum absolute atomic E-state index is 4.72. The highest BCUT2D eigenvalue weighted by Gasteiger charge is 2.22. The van der Waals surface area contributed by atoms with E-state index < -0.39 is 0 Å². The smallest absolute Gasteiger partial charge is 0.227 e. The minimum absolute atomic E-state index is 0.623. The van der Waals surface area contributed by atoms with E-state index in [1.807, 2.05) is 37.6 Å². The van der Waals surface area contributed by atoms with Crippen molar-refractivity contribution in [2.75, 3.05) is 37.0 Å². The molecule has 1 saturated heterocycles. The highest BCUT2D eigenvalue weighted by Crippen LogP contribution is 2.29. The summed E-state index contributed by atoms with van der Waals surface area (Å²) < 4.78 is 0. The lowest BCUT2D eigenvalue weighted by Gasteiger charge is -2.32. The van der Waals surface area contributed by atoms with Crippen molar-refractivity contribution in [3.8, 4) is 0 Å². The highest BCUT2D eigenvalue weighted by atomic mass is 15.3. The zero-order chi connectivity index (χ0) is 15.5. The maximum atomic E-state index is 4.72. The molecule has 0 atom stereocenters. The Balaban J connectivity index is 1.70. The molecule has 0 amide bonds. The Morgan fingerprint density at radius 3 is 2.45 bits per heavy atom. The fraction of sp³-hybridized carbons (Fsp3) is 0.471. The molecular weight excluding hydrogens is 274 g/mol. The molecule has 3 rings (SSSR count). The molecule has 0 radical (unpaired) electrons. The second-order valence-electron chi connectivity index (χ2n) is 6.11. The van der Waals surface area contributed by atoms with Crippen molar-refractivity contribution >= 4 is 11.8 Å². The molecule has 0 aromatic carbocycles. The molecule has 2 aromatic heterocycles. The van der Waals surface area contributed by atoms with Gasteiger partial charge in [-0.25, -0.2) is 4.98 Å². The minimum atomic E-state index is 0.623. The van der Waals surface area contributed by atoms with E-state index in [0.29, 0.717) is 5.92 Å². The summed E-state index contributed by atoms with van der Waals surface area (Å²) in [6, 6.07) is 4.26. The molecule has 5 heteroatoms. The van der Waals surface area contributed by atoms with Gasteiger partial charge >= 0.3 is 0 Å². The molecule has 1 aliphatic rings. The number of rotatable bonds is 3. The number of aryl methyl sites for hydroxylation is 1. The van der Waals surface area contributed by atoms with Crippen LogP contribution in [0.2, 0.25) is 0 Å². The number of hydrogen-bond donors (Lipinski definition) is 0. The Morgan fingerprint density at radius 2 is 1.82 bits per heavy atom. The summed E-state index contributed by atoms with van der Waals surface area (Å²) in [4.78, 5) is 17.7. The average molecular weight is 297 g/mol. The lowest BCUT2D eigenvalue weighted by Crippen LogP contribution is -2.34. The zero-order valence-corrected chi connectivity index (χ0v) is 13.5. The van der Waals surface area contributed by atoms with Crippen molar-refractivity contribution in [3.05, 3.63) is 41.9 Å². The summed E-state index contributed by atoms with van der Waals surface area (Å²) in [6.07, 6.45) is 7.96. The molecule has 0 N–H and O–H groups in total. The van der Waals surface area contributed by atoms with Crippen LogP contribution >= 0.6 is 0 Å². The van der Waals surface area contributed by atoms with E-state index in [1.165, 1.54) is 5.56 Å². The fourth-order valence-electron chi connectivity index (χ4n) is 3.08. The summed E-state index contributed by atoms with van der Waals surface area (Å²) in [5, 5.41) is 0. The summed E-state index contributed by atoms with van der Waals surface area (Å²) in [5.74, 6) is 2.47.